The average Bonchev–Trinajstić information content (AvgIpc) is 2.90. The molecule has 8 nitrogen and oxygen atoms in total. The second kappa shape index (κ2) is 9.27. The minimum absolute atomic E-state index is 0.0627. The van der Waals surface area contributed by atoms with Gasteiger partial charge in [-0.2, -0.15) is 0 Å². The SMILES string of the molecule is CCCNC(=O)CN(C)c1nnc(CNCCOC)o1. The second-order valence-corrected chi connectivity index (χ2v) is 4.35. The number of likely N-dealkylation sites (N-methyl/N-ethyl adjacent to an activating group) is 1. The molecule has 0 aromatic carbocycles. The van der Waals surface area contributed by atoms with Crippen molar-refractivity contribution >= 4 is 11.9 Å². The molecule has 0 saturated heterocycles. The van der Waals surface area contributed by atoms with E-state index in [1.165, 1.54) is 0 Å². The Morgan fingerprint density at radius 1 is 1.40 bits per heavy atom. The predicted molar refractivity (Wildman–Crippen MR) is 74.5 cm³/mol. The number of aromatic nitrogens is 2. The Labute approximate surface area is 118 Å². The molecule has 0 bridgehead atoms. The number of carbonyl (C=O) groups is 1. The number of amides is 1. The molecule has 1 aromatic rings. The lowest BCUT2D eigenvalue weighted by Crippen LogP contribution is -2.35. The standard InChI is InChI=1S/C12H23N5O3/c1-4-5-14-10(18)9-17(2)12-16-15-11(20-12)8-13-6-7-19-3/h13H,4-9H2,1-3H3,(H,14,18). The van der Waals surface area contributed by atoms with E-state index in [0.717, 1.165) is 6.42 Å². The van der Waals surface area contributed by atoms with Gasteiger partial charge in [0.25, 0.3) is 0 Å². The summed E-state index contributed by atoms with van der Waals surface area (Å²) in [6.07, 6.45) is 0.910. The molecule has 0 aliphatic rings. The highest BCUT2D eigenvalue weighted by Crippen LogP contribution is 2.09. The summed E-state index contributed by atoms with van der Waals surface area (Å²) in [5.74, 6) is 0.421. The summed E-state index contributed by atoms with van der Waals surface area (Å²) in [5, 5.41) is 13.7. The molecule has 0 fully saturated rings. The molecule has 0 unspecified atom stereocenters. The van der Waals surface area contributed by atoms with Crippen molar-refractivity contribution in [2.75, 3.05) is 45.3 Å². The quantitative estimate of drug-likeness (QED) is 0.573. The van der Waals surface area contributed by atoms with Crippen molar-refractivity contribution in [3.8, 4) is 0 Å². The van der Waals surface area contributed by atoms with Gasteiger partial charge in [0.15, 0.2) is 0 Å². The molecule has 0 radical (unpaired) electrons. The molecule has 2 N–H and O–H groups in total. The molecule has 20 heavy (non-hydrogen) atoms. The largest absolute Gasteiger partial charge is 0.407 e. The van der Waals surface area contributed by atoms with E-state index in [0.29, 0.717) is 38.1 Å². The van der Waals surface area contributed by atoms with E-state index in [9.17, 15) is 4.79 Å². The van der Waals surface area contributed by atoms with Crippen LogP contribution in [0.4, 0.5) is 6.01 Å². The molecule has 1 rings (SSSR count). The third-order valence-electron chi connectivity index (χ3n) is 2.49. The number of methoxy groups -OCH3 is 1. The molecule has 0 saturated carbocycles. The summed E-state index contributed by atoms with van der Waals surface area (Å²) >= 11 is 0. The van der Waals surface area contributed by atoms with Crippen LogP contribution >= 0.6 is 0 Å². The Balaban J connectivity index is 2.35. The first kappa shape index (κ1) is 16.4. The van der Waals surface area contributed by atoms with Gasteiger partial charge in [-0.25, -0.2) is 0 Å². The van der Waals surface area contributed by atoms with Gasteiger partial charge >= 0.3 is 6.01 Å². The molecule has 1 aromatic heterocycles. The minimum atomic E-state index is -0.0627. The van der Waals surface area contributed by atoms with Crippen molar-refractivity contribution in [2.24, 2.45) is 0 Å². The molecular formula is C12H23N5O3. The zero-order chi connectivity index (χ0) is 14.8. The molecule has 0 aliphatic carbocycles. The fraction of sp³-hybridized carbons (Fsp3) is 0.750. The smallest absolute Gasteiger partial charge is 0.318 e. The summed E-state index contributed by atoms with van der Waals surface area (Å²) in [4.78, 5) is 13.2. The molecule has 0 spiro atoms. The lowest BCUT2D eigenvalue weighted by atomic mass is 10.4. The first-order valence-corrected chi connectivity index (χ1v) is 6.67. The van der Waals surface area contributed by atoms with E-state index in [2.05, 4.69) is 20.8 Å². The van der Waals surface area contributed by atoms with Gasteiger partial charge < -0.3 is 24.7 Å². The lowest BCUT2D eigenvalue weighted by molar-refractivity contribution is -0.119. The van der Waals surface area contributed by atoms with Gasteiger partial charge in [0, 0.05) is 27.2 Å². The number of carbonyl (C=O) groups excluding carboxylic acids is 1. The highest BCUT2D eigenvalue weighted by atomic mass is 16.5. The molecule has 8 heteroatoms. The monoisotopic (exact) mass is 285 g/mol. The highest BCUT2D eigenvalue weighted by molar-refractivity contribution is 5.80. The first-order chi connectivity index (χ1) is 9.67. The van der Waals surface area contributed by atoms with Crippen molar-refractivity contribution < 1.29 is 13.9 Å². The zero-order valence-corrected chi connectivity index (χ0v) is 12.3. The maximum Gasteiger partial charge on any atom is 0.318 e. The summed E-state index contributed by atoms with van der Waals surface area (Å²) in [7, 11) is 3.38. The van der Waals surface area contributed by atoms with Crippen LogP contribution < -0.4 is 15.5 Å². The van der Waals surface area contributed by atoms with Gasteiger partial charge in [-0.3, -0.25) is 4.79 Å². The summed E-state index contributed by atoms with van der Waals surface area (Å²) in [6, 6.07) is 0.334. The van der Waals surface area contributed by atoms with E-state index >= 15 is 0 Å². The van der Waals surface area contributed by atoms with Gasteiger partial charge in [0.05, 0.1) is 13.2 Å². The summed E-state index contributed by atoms with van der Waals surface area (Å²) < 4.78 is 10.4. The fourth-order valence-electron chi connectivity index (χ4n) is 1.44. The Hall–Kier alpha value is -1.67. The number of nitrogens with zero attached hydrogens (tertiary/aromatic N) is 3. The molecule has 0 aliphatic heterocycles. The lowest BCUT2D eigenvalue weighted by Gasteiger charge is -2.13. The maximum atomic E-state index is 11.6. The van der Waals surface area contributed by atoms with E-state index in [1.807, 2.05) is 6.92 Å². The second-order valence-electron chi connectivity index (χ2n) is 4.35. The van der Waals surface area contributed by atoms with Crippen molar-refractivity contribution in [3.05, 3.63) is 5.89 Å². The average molecular weight is 285 g/mol. The first-order valence-electron chi connectivity index (χ1n) is 6.67. The van der Waals surface area contributed by atoms with E-state index in [4.69, 9.17) is 9.15 Å². The number of rotatable bonds is 10. The van der Waals surface area contributed by atoms with Gasteiger partial charge in [-0.05, 0) is 6.42 Å². The Kier molecular flexibility index (Phi) is 7.59. The number of hydrogen-bond donors (Lipinski definition) is 2. The third kappa shape index (κ3) is 5.98. The van der Waals surface area contributed by atoms with Crippen LogP contribution in [0.2, 0.25) is 0 Å². The topological polar surface area (TPSA) is 92.5 Å². The molecular weight excluding hydrogens is 262 g/mol. The van der Waals surface area contributed by atoms with Crippen LogP contribution in [-0.2, 0) is 16.1 Å². The van der Waals surface area contributed by atoms with Crippen molar-refractivity contribution in [3.63, 3.8) is 0 Å². The summed E-state index contributed by atoms with van der Waals surface area (Å²) in [6.45, 7) is 4.68. The van der Waals surface area contributed by atoms with Crippen LogP contribution in [0.1, 0.15) is 19.2 Å². The van der Waals surface area contributed by atoms with Gasteiger partial charge in [-0.1, -0.05) is 12.0 Å². The van der Waals surface area contributed by atoms with Crippen molar-refractivity contribution in [2.45, 2.75) is 19.9 Å². The van der Waals surface area contributed by atoms with Crippen LogP contribution in [0.25, 0.3) is 0 Å². The van der Waals surface area contributed by atoms with E-state index in [1.54, 1.807) is 19.1 Å². The molecule has 0 atom stereocenters. The zero-order valence-electron chi connectivity index (χ0n) is 12.3. The van der Waals surface area contributed by atoms with Gasteiger partial charge in [-0.15, -0.1) is 5.10 Å². The fourth-order valence-corrected chi connectivity index (χ4v) is 1.44. The minimum Gasteiger partial charge on any atom is -0.407 e. The van der Waals surface area contributed by atoms with Crippen molar-refractivity contribution in [1.29, 1.82) is 0 Å². The Morgan fingerprint density at radius 3 is 2.90 bits per heavy atom. The molecule has 1 amide bonds. The van der Waals surface area contributed by atoms with Gasteiger partial charge in [0.1, 0.15) is 6.54 Å². The van der Waals surface area contributed by atoms with Crippen LogP contribution in [0.15, 0.2) is 4.42 Å². The predicted octanol–water partition coefficient (Wildman–Crippen LogP) is -0.232. The maximum absolute atomic E-state index is 11.6. The van der Waals surface area contributed by atoms with Gasteiger partial charge in [0.2, 0.25) is 11.8 Å². The van der Waals surface area contributed by atoms with Crippen LogP contribution in [-0.4, -0.2) is 56.5 Å². The number of ether oxygens (including phenoxy) is 1. The van der Waals surface area contributed by atoms with Crippen molar-refractivity contribution in [1.82, 2.24) is 20.8 Å². The number of hydrogen-bond acceptors (Lipinski definition) is 7. The van der Waals surface area contributed by atoms with E-state index in [-0.39, 0.29) is 12.5 Å². The Morgan fingerprint density at radius 2 is 2.20 bits per heavy atom. The third-order valence-corrected chi connectivity index (χ3v) is 2.49. The van der Waals surface area contributed by atoms with Crippen LogP contribution in [0.5, 0.6) is 0 Å². The Bertz CT molecular complexity index is 396. The molecule has 114 valence electrons. The number of nitrogens with one attached hydrogen (secondary N) is 2. The van der Waals surface area contributed by atoms with Crippen LogP contribution in [0.3, 0.4) is 0 Å². The normalized spacial score (nSPS) is 10.6. The summed E-state index contributed by atoms with van der Waals surface area (Å²) in [5.41, 5.74) is 0. The molecule has 1 heterocycles. The number of anilines is 1. The highest BCUT2D eigenvalue weighted by Gasteiger charge is 2.13. The van der Waals surface area contributed by atoms with E-state index < -0.39 is 0 Å². The van der Waals surface area contributed by atoms with Crippen LogP contribution in [0, 0.1) is 0 Å².